The molecule has 0 saturated heterocycles. The average molecular weight is 290 g/mol. The third kappa shape index (κ3) is 3.24. The Morgan fingerprint density at radius 3 is 2.81 bits per heavy atom. The highest BCUT2D eigenvalue weighted by molar-refractivity contribution is 5.92. The summed E-state index contributed by atoms with van der Waals surface area (Å²) in [5.41, 5.74) is 1.98. The van der Waals surface area contributed by atoms with Gasteiger partial charge < -0.3 is 14.4 Å². The number of carboxylic acids is 1. The molecule has 0 aliphatic rings. The van der Waals surface area contributed by atoms with Crippen molar-refractivity contribution in [2.24, 2.45) is 0 Å². The highest BCUT2D eigenvalue weighted by Crippen LogP contribution is 2.23. The number of hydrogen-bond donors (Lipinski definition) is 1. The first-order valence-electron chi connectivity index (χ1n) is 7.40. The van der Waals surface area contributed by atoms with Crippen molar-refractivity contribution < 1.29 is 14.6 Å². The molecule has 0 amide bonds. The number of imidazole rings is 1. The van der Waals surface area contributed by atoms with Crippen LogP contribution in [0, 0.1) is 0 Å². The molecule has 0 radical (unpaired) electrons. The summed E-state index contributed by atoms with van der Waals surface area (Å²) >= 11 is 0. The van der Waals surface area contributed by atoms with E-state index in [1.807, 2.05) is 13.0 Å². The third-order valence-corrected chi connectivity index (χ3v) is 3.49. The molecule has 5 nitrogen and oxygen atoms in total. The number of carbonyl (C=O) groups is 1. The lowest BCUT2D eigenvalue weighted by molar-refractivity contribution is 0.0697. The molecule has 0 saturated carbocycles. The third-order valence-electron chi connectivity index (χ3n) is 3.49. The summed E-state index contributed by atoms with van der Waals surface area (Å²) in [5, 5.41) is 9.09. The zero-order valence-electron chi connectivity index (χ0n) is 12.8. The molecule has 21 heavy (non-hydrogen) atoms. The molecule has 5 heteroatoms. The summed E-state index contributed by atoms with van der Waals surface area (Å²) in [4.78, 5) is 15.7. The van der Waals surface area contributed by atoms with Gasteiger partial charge in [-0.2, -0.15) is 0 Å². The molecular formula is C16H22N2O3. The van der Waals surface area contributed by atoms with Crippen molar-refractivity contribution in [2.45, 2.75) is 39.7 Å². The number of aromatic nitrogens is 2. The van der Waals surface area contributed by atoms with E-state index in [0.29, 0.717) is 13.2 Å². The second-order valence-electron chi connectivity index (χ2n) is 5.17. The van der Waals surface area contributed by atoms with Crippen LogP contribution in [0.5, 0.6) is 0 Å². The Balaban J connectivity index is 2.49. The van der Waals surface area contributed by atoms with Crippen LogP contribution < -0.4 is 0 Å². The van der Waals surface area contributed by atoms with E-state index in [1.54, 1.807) is 12.1 Å². The van der Waals surface area contributed by atoms with Crippen molar-refractivity contribution in [2.75, 3.05) is 13.2 Å². The lowest BCUT2D eigenvalue weighted by Crippen LogP contribution is -2.15. The minimum atomic E-state index is -0.925. The summed E-state index contributed by atoms with van der Waals surface area (Å²) in [6.07, 6.45) is 1.87. The summed E-state index contributed by atoms with van der Waals surface area (Å²) in [6, 6.07) is 5.28. The van der Waals surface area contributed by atoms with Crippen LogP contribution in [0.4, 0.5) is 0 Å². The number of carboxylic acid groups (broad SMARTS) is 1. The molecule has 1 heterocycles. The van der Waals surface area contributed by atoms with Crippen LogP contribution in [0.15, 0.2) is 18.2 Å². The van der Waals surface area contributed by atoms with E-state index in [9.17, 15) is 4.79 Å². The summed E-state index contributed by atoms with van der Waals surface area (Å²) in [5.74, 6) is 0.0631. The number of ether oxygens (including phenoxy) is 1. The highest BCUT2D eigenvalue weighted by atomic mass is 16.5. The van der Waals surface area contributed by atoms with E-state index in [4.69, 9.17) is 9.84 Å². The predicted octanol–water partition coefficient (Wildman–Crippen LogP) is 3.28. The van der Waals surface area contributed by atoms with Crippen LogP contribution >= 0.6 is 0 Å². The maximum absolute atomic E-state index is 11.1. The van der Waals surface area contributed by atoms with Crippen molar-refractivity contribution in [1.82, 2.24) is 9.55 Å². The minimum absolute atomic E-state index is 0.173. The zero-order valence-corrected chi connectivity index (χ0v) is 12.8. The van der Waals surface area contributed by atoms with E-state index in [0.717, 1.165) is 29.7 Å². The Morgan fingerprint density at radius 2 is 2.19 bits per heavy atom. The van der Waals surface area contributed by atoms with Gasteiger partial charge in [0.15, 0.2) is 0 Å². The van der Waals surface area contributed by atoms with Gasteiger partial charge in [-0.05, 0) is 38.5 Å². The monoisotopic (exact) mass is 290 g/mol. The number of aromatic carboxylic acids is 1. The Labute approximate surface area is 124 Å². The van der Waals surface area contributed by atoms with E-state index in [-0.39, 0.29) is 11.6 Å². The zero-order chi connectivity index (χ0) is 15.4. The fourth-order valence-corrected chi connectivity index (χ4v) is 2.54. The molecule has 1 aromatic carbocycles. The Morgan fingerprint density at radius 1 is 1.43 bits per heavy atom. The number of hydrogen-bond acceptors (Lipinski definition) is 3. The van der Waals surface area contributed by atoms with E-state index in [2.05, 4.69) is 23.4 Å². The molecule has 0 fully saturated rings. The number of benzene rings is 1. The SMILES string of the molecule is CCCc1nc2cc(C(=O)O)ccc2n1C(C)COCC. The molecule has 1 unspecified atom stereocenters. The van der Waals surface area contributed by atoms with Gasteiger partial charge in [-0.25, -0.2) is 9.78 Å². The lowest BCUT2D eigenvalue weighted by atomic mass is 10.2. The molecule has 114 valence electrons. The number of aryl methyl sites for hydroxylation is 1. The quantitative estimate of drug-likeness (QED) is 0.850. The second kappa shape index (κ2) is 6.72. The van der Waals surface area contributed by atoms with Gasteiger partial charge in [-0.3, -0.25) is 0 Å². The second-order valence-corrected chi connectivity index (χ2v) is 5.17. The Hall–Kier alpha value is -1.88. The van der Waals surface area contributed by atoms with Crippen LogP contribution in [0.1, 0.15) is 49.4 Å². The summed E-state index contributed by atoms with van der Waals surface area (Å²) < 4.78 is 7.69. The molecule has 1 N–H and O–H groups in total. The predicted molar refractivity (Wildman–Crippen MR) is 81.9 cm³/mol. The number of nitrogens with zero attached hydrogens (tertiary/aromatic N) is 2. The first-order valence-corrected chi connectivity index (χ1v) is 7.40. The van der Waals surface area contributed by atoms with Gasteiger partial charge in [-0.15, -0.1) is 0 Å². The molecule has 0 aliphatic heterocycles. The van der Waals surface area contributed by atoms with E-state index < -0.39 is 5.97 Å². The Kier molecular flexibility index (Phi) is 4.96. The number of fused-ring (bicyclic) bond motifs is 1. The molecule has 1 aromatic heterocycles. The van der Waals surface area contributed by atoms with Gasteiger partial charge in [0.05, 0.1) is 29.2 Å². The van der Waals surface area contributed by atoms with Crippen LogP contribution in [-0.4, -0.2) is 33.8 Å². The van der Waals surface area contributed by atoms with Gasteiger partial charge in [0.25, 0.3) is 0 Å². The maximum Gasteiger partial charge on any atom is 0.335 e. The maximum atomic E-state index is 11.1. The molecular weight excluding hydrogens is 268 g/mol. The van der Waals surface area contributed by atoms with Crippen molar-refractivity contribution in [3.8, 4) is 0 Å². The fraction of sp³-hybridized carbons (Fsp3) is 0.500. The standard InChI is InChI=1S/C16H22N2O3/c1-4-6-15-17-13-9-12(16(19)20)7-8-14(13)18(15)11(3)10-21-5-2/h7-9,11H,4-6,10H2,1-3H3,(H,19,20). The first-order chi connectivity index (χ1) is 10.1. The number of rotatable bonds is 7. The smallest absolute Gasteiger partial charge is 0.335 e. The highest BCUT2D eigenvalue weighted by Gasteiger charge is 2.16. The molecule has 2 rings (SSSR count). The molecule has 1 atom stereocenters. The van der Waals surface area contributed by atoms with Gasteiger partial charge in [0.2, 0.25) is 0 Å². The first kappa shape index (κ1) is 15.5. The van der Waals surface area contributed by atoms with E-state index in [1.165, 1.54) is 0 Å². The van der Waals surface area contributed by atoms with Crippen molar-refractivity contribution in [1.29, 1.82) is 0 Å². The fourth-order valence-electron chi connectivity index (χ4n) is 2.54. The van der Waals surface area contributed by atoms with Crippen LogP contribution in [-0.2, 0) is 11.2 Å². The van der Waals surface area contributed by atoms with Crippen molar-refractivity contribution in [3.63, 3.8) is 0 Å². The van der Waals surface area contributed by atoms with Gasteiger partial charge in [-0.1, -0.05) is 6.92 Å². The Bertz CT molecular complexity index is 634. The van der Waals surface area contributed by atoms with Crippen LogP contribution in [0.25, 0.3) is 11.0 Å². The lowest BCUT2D eigenvalue weighted by Gasteiger charge is -2.17. The molecule has 2 aromatic rings. The summed E-state index contributed by atoms with van der Waals surface area (Å²) in [7, 11) is 0. The minimum Gasteiger partial charge on any atom is -0.478 e. The van der Waals surface area contributed by atoms with E-state index >= 15 is 0 Å². The molecule has 0 bridgehead atoms. The normalized spacial score (nSPS) is 12.7. The van der Waals surface area contributed by atoms with Gasteiger partial charge in [0.1, 0.15) is 5.82 Å². The average Bonchev–Trinajstić information content (AvgIpc) is 2.82. The topological polar surface area (TPSA) is 64.3 Å². The summed E-state index contributed by atoms with van der Waals surface area (Å²) in [6.45, 7) is 7.49. The van der Waals surface area contributed by atoms with Gasteiger partial charge >= 0.3 is 5.97 Å². The van der Waals surface area contributed by atoms with Crippen molar-refractivity contribution in [3.05, 3.63) is 29.6 Å². The molecule has 0 spiro atoms. The van der Waals surface area contributed by atoms with Gasteiger partial charge in [0, 0.05) is 13.0 Å². The van der Waals surface area contributed by atoms with Crippen molar-refractivity contribution >= 4 is 17.0 Å². The van der Waals surface area contributed by atoms with Crippen LogP contribution in [0.2, 0.25) is 0 Å². The largest absolute Gasteiger partial charge is 0.478 e. The molecule has 0 aliphatic carbocycles. The van der Waals surface area contributed by atoms with Crippen LogP contribution in [0.3, 0.4) is 0 Å².